The average molecular weight is 545 g/mol. The normalized spacial score (nSPS) is 10.9. The molecule has 0 radical (unpaired) electrons. The van der Waals surface area contributed by atoms with E-state index >= 15 is 0 Å². The van der Waals surface area contributed by atoms with Crippen molar-refractivity contribution < 1.29 is 58.8 Å². The first-order valence-corrected chi connectivity index (χ1v) is 11.9. The van der Waals surface area contributed by atoms with Crippen molar-refractivity contribution in [1.29, 1.82) is 0 Å². The van der Waals surface area contributed by atoms with Crippen molar-refractivity contribution in [2.75, 3.05) is 24.9 Å². The van der Waals surface area contributed by atoms with Gasteiger partial charge in [0.2, 0.25) is 0 Å². The standard InChI is InChI=1S/C26H26N4O6S.Na/c1-15-10-22(23(33-3)11-16(15)2)29-30-25-24(37-36-35-32)13-17-12-19(6-9-21(17)26(25)31)28-14-34-20-7-4-18(27)5-8-20;/h4-13,28,31-32H,14,27H2,1-3H3;/q;+1/p-1. The Labute approximate surface area is 246 Å². The van der Waals surface area contributed by atoms with Gasteiger partial charge < -0.3 is 30.9 Å². The number of ether oxygens (including phenoxy) is 2. The van der Waals surface area contributed by atoms with E-state index in [0.29, 0.717) is 50.6 Å². The zero-order chi connectivity index (χ0) is 26.4. The van der Waals surface area contributed by atoms with Gasteiger partial charge in [-0.3, -0.25) is 5.04 Å². The number of fused-ring (bicyclic) bond motifs is 1. The van der Waals surface area contributed by atoms with E-state index in [1.807, 2.05) is 32.0 Å². The molecule has 0 saturated carbocycles. The van der Waals surface area contributed by atoms with E-state index in [2.05, 4.69) is 24.9 Å². The Morgan fingerprint density at radius 1 is 1.00 bits per heavy atom. The van der Waals surface area contributed by atoms with Gasteiger partial charge >= 0.3 is 29.6 Å². The van der Waals surface area contributed by atoms with Crippen LogP contribution < -0.4 is 55.3 Å². The van der Waals surface area contributed by atoms with E-state index in [9.17, 15) is 10.4 Å². The Kier molecular flexibility index (Phi) is 10.6. The second-order valence-electron chi connectivity index (χ2n) is 8.07. The van der Waals surface area contributed by atoms with E-state index in [-0.39, 0.29) is 47.7 Å². The maximum Gasteiger partial charge on any atom is 1.00 e. The predicted octanol–water partition coefficient (Wildman–Crippen LogP) is 2.85. The van der Waals surface area contributed by atoms with Gasteiger partial charge in [-0.2, -0.15) is 4.33 Å². The van der Waals surface area contributed by atoms with Gasteiger partial charge in [0, 0.05) is 16.8 Å². The molecule has 4 aromatic carbocycles. The van der Waals surface area contributed by atoms with Crippen LogP contribution in [-0.4, -0.2) is 18.9 Å². The molecule has 4 N–H and O–H groups in total. The van der Waals surface area contributed by atoms with Crippen LogP contribution in [0.5, 0.6) is 17.2 Å². The molecule has 0 bridgehead atoms. The number of anilines is 2. The monoisotopic (exact) mass is 544 g/mol. The number of methoxy groups -OCH3 is 1. The maximum absolute atomic E-state index is 11.0. The predicted molar refractivity (Wildman–Crippen MR) is 140 cm³/mol. The van der Waals surface area contributed by atoms with Crippen molar-refractivity contribution >= 4 is 45.6 Å². The number of hydrogen-bond donors (Lipinski definition) is 3. The first kappa shape index (κ1) is 29.5. The van der Waals surface area contributed by atoms with Crippen LogP contribution in [0.3, 0.4) is 0 Å². The summed E-state index contributed by atoms with van der Waals surface area (Å²) in [4.78, 5) is 0.322. The number of aryl methyl sites for hydroxylation is 2. The molecule has 0 fully saturated rings. The number of nitrogens with one attached hydrogen (secondary N) is 1. The second-order valence-corrected chi connectivity index (χ2v) is 8.81. The van der Waals surface area contributed by atoms with Gasteiger partial charge in [0.1, 0.15) is 22.9 Å². The molecule has 192 valence electrons. The fourth-order valence-corrected chi connectivity index (χ4v) is 4.05. The molecule has 10 nitrogen and oxygen atoms in total. The van der Waals surface area contributed by atoms with E-state index in [1.165, 1.54) is 0 Å². The van der Waals surface area contributed by atoms with Crippen LogP contribution in [0, 0.1) is 13.8 Å². The van der Waals surface area contributed by atoms with Crippen molar-refractivity contribution in [3.8, 4) is 17.2 Å². The van der Waals surface area contributed by atoms with E-state index in [4.69, 9.17) is 15.2 Å². The molecule has 0 aliphatic carbocycles. The SMILES string of the molecule is COc1cc(C)c(C)cc1N=Nc1c(SOO[O-])cc2cc(NCOc3ccc(N)cc3)ccc2c1O.[Na+]. The van der Waals surface area contributed by atoms with Crippen molar-refractivity contribution in [2.24, 2.45) is 10.2 Å². The smallest absolute Gasteiger partial charge is 0.691 e. The molecule has 0 saturated heterocycles. The van der Waals surface area contributed by atoms with E-state index < -0.39 is 0 Å². The fourth-order valence-electron chi connectivity index (χ4n) is 3.56. The van der Waals surface area contributed by atoms with Gasteiger partial charge in [0.05, 0.1) is 24.0 Å². The molecule has 4 rings (SSSR count). The molecular weight excluding hydrogens is 519 g/mol. The summed E-state index contributed by atoms with van der Waals surface area (Å²) in [7, 11) is 1.55. The molecule has 0 aliphatic heterocycles. The van der Waals surface area contributed by atoms with Gasteiger partial charge in [0.25, 0.3) is 0 Å². The molecule has 0 unspecified atom stereocenters. The zero-order valence-electron chi connectivity index (χ0n) is 21.3. The largest absolute Gasteiger partial charge is 1.00 e. The van der Waals surface area contributed by atoms with Gasteiger partial charge in [-0.15, -0.1) is 10.2 Å². The molecule has 0 heterocycles. The van der Waals surface area contributed by atoms with E-state index in [0.717, 1.165) is 16.8 Å². The third-order valence-corrected chi connectivity index (χ3v) is 6.27. The maximum atomic E-state index is 11.0. The minimum atomic E-state index is -0.134. The average Bonchev–Trinajstić information content (AvgIpc) is 2.89. The van der Waals surface area contributed by atoms with Gasteiger partial charge in [0.15, 0.2) is 12.5 Å². The Morgan fingerprint density at radius 2 is 1.74 bits per heavy atom. The molecule has 0 aromatic heterocycles. The molecule has 12 heteroatoms. The van der Waals surface area contributed by atoms with E-state index in [1.54, 1.807) is 49.6 Å². The quantitative estimate of drug-likeness (QED) is 0.0522. The van der Waals surface area contributed by atoms with Gasteiger partial charge in [-0.1, -0.05) is 0 Å². The van der Waals surface area contributed by atoms with Crippen LogP contribution in [0.1, 0.15) is 11.1 Å². The summed E-state index contributed by atoms with van der Waals surface area (Å²) in [5.74, 6) is 1.08. The molecule has 0 aliphatic rings. The Balaban J connectivity index is 0.00000400. The molecular formula is C26H25N4NaO6S. The summed E-state index contributed by atoms with van der Waals surface area (Å²) < 4.78 is 15.6. The van der Waals surface area contributed by atoms with Crippen molar-refractivity contribution in [3.05, 3.63) is 71.8 Å². The first-order valence-electron chi connectivity index (χ1n) is 11.1. The van der Waals surface area contributed by atoms with Crippen LogP contribution in [0.4, 0.5) is 22.7 Å². The van der Waals surface area contributed by atoms with Crippen LogP contribution in [0.15, 0.2) is 75.8 Å². The van der Waals surface area contributed by atoms with Crippen LogP contribution in [-0.2, 0) is 9.37 Å². The Hall–Kier alpha value is -3.03. The molecule has 38 heavy (non-hydrogen) atoms. The number of benzene rings is 4. The number of azo groups is 1. The second kappa shape index (κ2) is 13.7. The third kappa shape index (κ3) is 7.08. The number of hydrogen-bond acceptors (Lipinski definition) is 11. The van der Waals surface area contributed by atoms with Crippen LogP contribution in [0.25, 0.3) is 10.8 Å². The number of nitrogen functional groups attached to an aromatic ring is 1. The summed E-state index contributed by atoms with van der Waals surface area (Å²) >= 11 is 0.614. The topological polar surface area (TPSA) is 143 Å². The number of rotatable bonds is 10. The van der Waals surface area contributed by atoms with Crippen molar-refractivity contribution in [3.63, 3.8) is 0 Å². The number of phenols is 1. The summed E-state index contributed by atoms with van der Waals surface area (Å²) in [5, 5.41) is 38.0. The Morgan fingerprint density at radius 3 is 2.45 bits per heavy atom. The number of nitrogens with zero attached hydrogens (tertiary/aromatic N) is 2. The number of aromatic hydroxyl groups is 1. The molecule has 0 atom stereocenters. The van der Waals surface area contributed by atoms with Crippen LogP contribution >= 0.6 is 12.0 Å². The summed E-state index contributed by atoms with van der Waals surface area (Å²) in [6, 6.07) is 17.8. The third-order valence-electron chi connectivity index (χ3n) is 5.65. The molecule has 0 amide bonds. The van der Waals surface area contributed by atoms with Crippen molar-refractivity contribution in [1.82, 2.24) is 0 Å². The minimum absolute atomic E-state index is 0. The fraction of sp³-hybridized carbons (Fsp3) is 0.154. The molecule has 4 aromatic rings. The van der Waals surface area contributed by atoms with Crippen molar-refractivity contribution in [2.45, 2.75) is 18.7 Å². The summed E-state index contributed by atoms with van der Waals surface area (Å²) in [6.07, 6.45) is 0. The molecule has 0 spiro atoms. The summed E-state index contributed by atoms with van der Waals surface area (Å²) in [6.45, 7) is 4.13. The minimum Gasteiger partial charge on any atom is -0.691 e. The number of nitrogens with two attached hydrogens (primary N) is 1. The first-order chi connectivity index (χ1) is 17.9. The zero-order valence-corrected chi connectivity index (χ0v) is 24.2. The van der Waals surface area contributed by atoms with Gasteiger partial charge in [-0.25, -0.2) is 0 Å². The Bertz CT molecular complexity index is 1440. The summed E-state index contributed by atoms with van der Waals surface area (Å²) in [5.41, 5.74) is 9.75. The van der Waals surface area contributed by atoms with Gasteiger partial charge in [-0.05, 0) is 91.0 Å². The number of phenolic OH excluding ortho intramolecular Hbond substituents is 1. The van der Waals surface area contributed by atoms with Crippen LogP contribution in [0.2, 0.25) is 0 Å².